The van der Waals surface area contributed by atoms with Crippen molar-refractivity contribution in [3.63, 3.8) is 0 Å². The van der Waals surface area contributed by atoms with Crippen LogP contribution < -0.4 is 5.43 Å². The second-order valence-corrected chi connectivity index (χ2v) is 10.0. The van der Waals surface area contributed by atoms with E-state index >= 15 is 0 Å². The SMILES string of the molecule is CC(C)n1c(C2CCCN2C(=O)OC(C)(C)C)c(I)c(=O)c2ccc(Cl)cc21. The summed E-state index contributed by atoms with van der Waals surface area (Å²) in [6.45, 7) is 10.4. The molecule has 1 saturated heterocycles. The van der Waals surface area contributed by atoms with Gasteiger partial charge in [0.1, 0.15) is 5.60 Å². The number of halogens is 2. The first-order valence-corrected chi connectivity index (χ1v) is 11.0. The van der Waals surface area contributed by atoms with E-state index in [4.69, 9.17) is 16.3 Å². The molecule has 1 fully saturated rings. The van der Waals surface area contributed by atoms with E-state index < -0.39 is 5.60 Å². The van der Waals surface area contributed by atoms with Crippen molar-refractivity contribution in [1.82, 2.24) is 9.47 Å². The molecule has 0 spiro atoms. The molecule has 2 aromatic rings. The number of aromatic nitrogens is 1. The Bertz CT molecular complexity index is 978. The lowest BCUT2D eigenvalue weighted by Crippen LogP contribution is -2.38. The predicted octanol–water partition coefficient (Wildman–Crippen LogP) is 5.91. The van der Waals surface area contributed by atoms with Gasteiger partial charge >= 0.3 is 6.09 Å². The summed E-state index contributed by atoms with van der Waals surface area (Å²) in [5.74, 6) is 0. The Kier molecular flexibility index (Phi) is 6.01. The fraction of sp³-hybridized carbons (Fsp3) is 0.524. The average molecular weight is 517 g/mol. The highest BCUT2D eigenvalue weighted by Crippen LogP contribution is 2.37. The topological polar surface area (TPSA) is 51.5 Å². The number of hydrogen-bond acceptors (Lipinski definition) is 3. The summed E-state index contributed by atoms with van der Waals surface area (Å²) < 4.78 is 8.43. The predicted molar refractivity (Wildman–Crippen MR) is 121 cm³/mol. The Morgan fingerprint density at radius 3 is 2.61 bits per heavy atom. The first-order valence-electron chi connectivity index (χ1n) is 9.54. The van der Waals surface area contributed by atoms with Gasteiger partial charge in [-0.3, -0.25) is 9.69 Å². The monoisotopic (exact) mass is 516 g/mol. The van der Waals surface area contributed by atoms with E-state index in [1.807, 2.05) is 26.8 Å². The zero-order valence-electron chi connectivity index (χ0n) is 16.9. The van der Waals surface area contributed by atoms with Crippen molar-refractivity contribution in [3.05, 3.63) is 42.7 Å². The Hall–Kier alpha value is -1.28. The number of hydrogen-bond donors (Lipinski definition) is 0. The van der Waals surface area contributed by atoms with Gasteiger partial charge in [-0.25, -0.2) is 4.79 Å². The zero-order chi connectivity index (χ0) is 20.8. The number of benzene rings is 1. The number of fused-ring (bicyclic) bond motifs is 1. The van der Waals surface area contributed by atoms with Crippen molar-refractivity contribution in [3.8, 4) is 0 Å². The summed E-state index contributed by atoms with van der Waals surface area (Å²) in [7, 11) is 0. The molecule has 1 amide bonds. The van der Waals surface area contributed by atoms with Gasteiger partial charge in [-0.15, -0.1) is 0 Å². The molecule has 3 rings (SSSR count). The van der Waals surface area contributed by atoms with E-state index in [1.165, 1.54) is 0 Å². The second kappa shape index (κ2) is 7.86. The van der Waals surface area contributed by atoms with E-state index in [0.717, 1.165) is 24.1 Å². The Morgan fingerprint density at radius 2 is 2.00 bits per heavy atom. The third kappa shape index (κ3) is 4.03. The number of amides is 1. The number of likely N-dealkylation sites (tertiary alicyclic amines) is 1. The van der Waals surface area contributed by atoms with Crippen LogP contribution in [-0.4, -0.2) is 27.7 Å². The number of pyridine rings is 1. The quantitative estimate of drug-likeness (QED) is 0.466. The van der Waals surface area contributed by atoms with E-state index in [1.54, 1.807) is 17.0 Å². The van der Waals surface area contributed by atoms with Crippen LogP contribution in [0, 0.1) is 3.57 Å². The van der Waals surface area contributed by atoms with Crippen molar-refractivity contribution in [2.24, 2.45) is 0 Å². The molecule has 1 aliphatic rings. The second-order valence-electron chi connectivity index (χ2n) is 8.49. The first-order chi connectivity index (χ1) is 13.0. The third-order valence-corrected chi connectivity index (χ3v) is 6.14. The summed E-state index contributed by atoms with van der Waals surface area (Å²) in [5.41, 5.74) is 1.10. The Labute approximate surface area is 184 Å². The lowest BCUT2D eigenvalue weighted by Gasteiger charge is -2.32. The van der Waals surface area contributed by atoms with Crippen LogP contribution >= 0.6 is 34.2 Å². The van der Waals surface area contributed by atoms with E-state index in [9.17, 15) is 9.59 Å². The van der Waals surface area contributed by atoms with Crippen LogP contribution in [0.3, 0.4) is 0 Å². The van der Waals surface area contributed by atoms with E-state index in [-0.39, 0.29) is 23.6 Å². The molecule has 2 heterocycles. The molecule has 7 heteroatoms. The molecule has 0 aliphatic carbocycles. The van der Waals surface area contributed by atoms with Gasteiger partial charge in [-0.2, -0.15) is 0 Å². The molecular weight excluding hydrogens is 491 g/mol. The number of carbonyl (C=O) groups is 1. The summed E-state index contributed by atoms with van der Waals surface area (Å²) in [6.07, 6.45) is 1.34. The lowest BCUT2D eigenvalue weighted by atomic mass is 10.1. The maximum atomic E-state index is 13.1. The van der Waals surface area contributed by atoms with Crippen molar-refractivity contribution < 1.29 is 9.53 Å². The maximum Gasteiger partial charge on any atom is 0.410 e. The maximum absolute atomic E-state index is 13.1. The van der Waals surface area contributed by atoms with Crippen LogP contribution in [0.4, 0.5) is 4.79 Å². The minimum Gasteiger partial charge on any atom is -0.444 e. The molecule has 1 atom stereocenters. The van der Waals surface area contributed by atoms with Crippen LogP contribution in [0.25, 0.3) is 10.9 Å². The number of carbonyl (C=O) groups excluding carboxylic acids is 1. The molecule has 0 saturated carbocycles. The van der Waals surface area contributed by atoms with Gasteiger partial charge in [0.15, 0.2) is 0 Å². The molecule has 1 aromatic heterocycles. The van der Waals surface area contributed by atoms with Crippen molar-refractivity contribution in [2.45, 2.75) is 65.1 Å². The van der Waals surface area contributed by atoms with E-state index in [2.05, 4.69) is 41.0 Å². The van der Waals surface area contributed by atoms with Gasteiger partial charge in [-0.1, -0.05) is 11.6 Å². The summed E-state index contributed by atoms with van der Waals surface area (Å²) in [6, 6.07) is 5.27. The molecule has 1 unspecified atom stereocenters. The average Bonchev–Trinajstić information content (AvgIpc) is 3.05. The Morgan fingerprint density at radius 1 is 1.32 bits per heavy atom. The fourth-order valence-electron chi connectivity index (χ4n) is 3.82. The van der Waals surface area contributed by atoms with Gasteiger partial charge < -0.3 is 9.30 Å². The molecular formula is C21H26ClIN2O3. The summed E-state index contributed by atoms with van der Waals surface area (Å²) in [5, 5.41) is 1.23. The minimum absolute atomic E-state index is 0.0183. The van der Waals surface area contributed by atoms with E-state index in [0.29, 0.717) is 20.5 Å². The van der Waals surface area contributed by atoms with Crippen molar-refractivity contribution >= 4 is 51.2 Å². The van der Waals surface area contributed by atoms with Crippen LogP contribution in [0.1, 0.15) is 65.2 Å². The van der Waals surface area contributed by atoms with Gasteiger partial charge in [0, 0.05) is 23.0 Å². The largest absolute Gasteiger partial charge is 0.444 e. The minimum atomic E-state index is -0.563. The standard InChI is InChI=1S/C21H26ClIN2O3/c1-12(2)25-16-11-13(22)8-9-14(16)19(26)17(23)18(25)15-7-6-10-24(15)20(27)28-21(3,4)5/h8-9,11-12,15H,6-7,10H2,1-5H3. The molecule has 5 nitrogen and oxygen atoms in total. The first kappa shape index (κ1) is 21.4. The molecule has 0 N–H and O–H groups in total. The highest BCUT2D eigenvalue weighted by molar-refractivity contribution is 14.1. The fourth-order valence-corrected chi connectivity index (χ4v) is 4.90. The molecule has 0 bridgehead atoms. The number of rotatable bonds is 2. The van der Waals surface area contributed by atoms with Gasteiger partial charge in [0.2, 0.25) is 5.43 Å². The highest BCUT2D eigenvalue weighted by Gasteiger charge is 2.37. The Balaban J connectivity index is 2.21. The van der Waals surface area contributed by atoms with Crippen LogP contribution in [0.5, 0.6) is 0 Å². The molecule has 0 radical (unpaired) electrons. The van der Waals surface area contributed by atoms with Crippen LogP contribution in [-0.2, 0) is 4.74 Å². The molecule has 1 aliphatic heterocycles. The smallest absolute Gasteiger partial charge is 0.410 e. The summed E-state index contributed by atoms with van der Waals surface area (Å²) in [4.78, 5) is 27.7. The third-order valence-electron chi connectivity index (χ3n) is 4.86. The number of ether oxygens (including phenoxy) is 1. The van der Waals surface area contributed by atoms with Crippen molar-refractivity contribution in [2.75, 3.05) is 6.54 Å². The van der Waals surface area contributed by atoms with Crippen molar-refractivity contribution in [1.29, 1.82) is 0 Å². The molecule has 28 heavy (non-hydrogen) atoms. The normalized spacial score (nSPS) is 17.6. The summed E-state index contributed by atoms with van der Waals surface area (Å²) >= 11 is 8.38. The highest BCUT2D eigenvalue weighted by atomic mass is 127. The van der Waals surface area contributed by atoms with Crippen LogP contribution in [0.15, 0.2) is 23.0 Å². The number of nitrogens with zero attached hydrogens (tertiary/aromatic N) is 2. The van der Waals surface area contributed by atoms with Gasteiger partial charge in [-0.05, 0) is 88.3 Å². The zero-order valence-corrected chi connectivity index (χ0v) is 19.8. The lowest BCUT2D eigenvalue weighted by molar-refractivity contribution is 0.0217. The van der Waals surface area contributed by atoms with Gasteiger partial charge in [0.25, 0.3) is 0 Å². The van der Waals surface area contributed by atoms with Crippen LogP contribution in [0.2, 0.25) is 5.02 Å². The van der Waals surface area contributed by atoms with Gasteiger partial charge in [0.05, 0.1) is 20.8 Å². The molecule has 1 aromatic carbocycles. The molecule has 152 valence electrons.